The van der Waals surface area contributed by atoms with Crippen LogP contribution in [0, 0.1) is 5.82 Å². The highest BCUT2D eigenvalue weighted by Crippen LogP contribution is 2.39. The van der Waals surface area contributed by atoms with Gasteiger partial charge in [-0.15, -0.1) is 10.2 Å². The summed E-state index contributed by atoms with van der Waals surface area (Å²) in [7, 11) is 1.50. The van der Waals surface area contributed by atoms with E-state index in [1.165, 1.54) is 13.1 Å². The maximum absolute atomic E-state index is 14.9. The Morgan fingerprint density at radius 3 is 2.47 bits per heavy atom. The predicted molar refractivity (Wildman–Crippen MR) is 137 cm³/mol. The molecule has 5 rings (SSSR count). The van der Waals surface area contributed by atoms with Gasteiger partial charge in [0.1, 0.15) is 34.5 Å². The van der Waals surface area contributed by atoms with Gasteiger partial charge in [0.15, 0.2) is 5.82 Å². The van der Waals surface area contributed by atoms with Gasteiger partial charge in [0, 0.05) is 19.0 Å². The van der Waals surface area contributed by atoms with Crippen molar-refractivity contribution in [1.29, 1.82) is 0 Å². The van der Waals surface area contributed by atoms with Crippen molar-refractivity contribution in [3.8, 4) is 23.0 Å². The van der Waals surface area contributed by atoms with Gasteiger partial charge in [-0.3, -0.25) is 14.2 Å². The van der Waals surface area contributed by atoms with E-state index < -0.39 is 5.82 Å². The van der Waals surface area contributed by atoms with Crippen molar-refractivity contribution in [3.05, 3.63) is 83.8 Å². The molecule has 0 unspecified atom stereocenters. The molecular weight excluding hydrogens is 489 g/mol. The molecule has 1 aliphatic rings. The Kier molecular flexibility index (Phi) is 7.07. The Hall–Kier alpha value is -4.67. The number of para-hydroxylation sites is 1. The van der Waals surface area contributed by atoms with Gasteiger partial charge in [-0.05, 0) is 56.2 Å². The SMILES string of the molecule is CCOc1ccc(-c2nnc([C@H]3C[C@H](NC(=O)c4cccc(C(=O)NC)n4)C3)n2-c2ccccc2F)nc1. The maximum Gasteiger partial charge on any atom is 0.270 e. The average Bonchev–Trinajstić information content (AvgIpc) is 3.35. The fourth-order valence-electron chi connectivity index (χ4n) is 4.38. The molecule has 2 N–H and O–H groups in total. The van der Waals surface area contributed by atoms with E-state index in [0.717, 1.165) is 0 Å². The Balaban J connectivity index is 1.36. The van der Waals surface area contributed by atoms with Gasteiger partial charge < -0.3 is 15.4 Å². The van der Waals surface area contributed by atoms with Crippen LogP contribution in [-0.4, -0.2) is 56.2 Å². The van der Waals surface area contributed by atoms with Gasteiger partial charge in [-0.1, -0.05) is 18.2 Å². The largest absolute Gasteiger partial charge is 0.492 e. The van der Waals surface area contributed by atoms with Gasteiger partial charge in [0.05, 0.1) is 18.5 Å². The van der Waals surface area contributed by atoms with Crippen molar-refractivity contribution in [3.63, 3.8) is 0 Å². The summed E-state index contributed by atoms with van der Waals surface area (Å²) in [5.74, 6) is 0.423. The van der Waals surface area contributed by atoms with E-state index >= 15 is 0 Å². The van der Waals surface area contributed by atoms with Crippen molar-refractivity contribution in [2.75, 3.05) is 13.7 Å². The van der Waals surface area contributed by atoms with Gasteiger partial charge in [-0.2, -0.15) is 0 Å². The summed E-state index contributed by atoms with van der Waals surface area (Å²) in [6.45, 7) is 2.41. The fourth-order valence-corrected chi connectivity index (χ4v) is 4.38. The van der Waals surface area contributed by atoms with Crippen molar-refractivity contribution in [2.24, 2.45) is 0 Å². The molecule has 0 radical (unpaired) electrons. The minimum Gasteiger partial charge on any atom is -0.492 e. The number of nitrogens with one attached hydrogen (secondary N) is 2. The van der Waals surface area contributed by atoms with E-state index in [4.69, 9.17) is 4.74 Å². The summed E-state index contributed by atoms with van der Waals surface area (Å²) in [5.41, 5.74) is 1.18. The number of rotatable bonds is 8. The van der Waals surface area contributed by atoms with E-state index in [1.807, 2.05) is 6.92 Å². The molecule has 2 amide bonds. The summed E-state index contributed by atoms with van der Waals surface area (Å²) in [6, 6.07) is 14.6. The van der Waals surface area contributed by atoms with Crippen LogP contribution >= 0.6 is 0 Å². The van der Waals surface area contributed by atoms with Crippen molar-refractivity contribution >= 4 is 11.8 Å². The van der Waals surface area contributed by atoms with Crippen LogP contribution in [0.2, 0.25) is 0 Å². The number of hydrogen-bond acceptors (Lipinski definition) is 7. The first-order chi connectivity index (χ1) is 18.5. The molecule has 0 bridgehead atoms. The van der Waals surface area contributed by atoms with Crippen LogP contribution < -0.4 is 15.4 Å². The molecule has 3 aromatic heterocycles. The van der Waals surface area contributed by atoms with Crippen LogP contribution in [0.1, 0.15) is 52.5 Å². The molecule has 0 saturated heterocycles. The first-order valence-corrected chi connectivity index (χ1v) is 12.3. The molecule has 38 heavy (non-hydrogen) atoms. The topological polar surface area (TPSA) is 124 Å². The second-order valence-corrected chi connectivity index (χ2v) is 8.81. The average molecular weight is 516 g/mol. The number of carbonyl (C=O) groups excluding carboxylic acids is 2. The normalized spacial score (nSPS) is 16.4. The third-order valence-electron chi connectivity index (χ3n) is 6.34. The van der Waals surface area contributed by atoms with Crippen LogP contribution in [-0.2, 0) is 0 Å². The number of aromatic nitrogens is 5. The van der Waals surface area contributed by atoms with Crippen molar-refractivity contribution < 1.29 is 18.7 Å². The van der Waals surface area contributed by atoms with Gasteiger partial charge in [-0.25, -0.2) is 14.4 Å². The van der Waals surface area contributed by atoms with E-state index in [-0.39, 0.29) is 35.2 Å². The lowest BCUT2D eigenvalue weighted by Crippen LogP contribution is -2.44. The molecule has 0 spiro atoms. The Morgan fingerprint density at radius 1 is 1.03 bits per heavy atom. The van der Waals surface area contributed by atoms with Crippen LogP contribution in [0.3, 0.4) is 0 Å². The number of carbonyl (C=O) groups is 2. The standard InChI is InChI=1S/C27H26FN7O3/c1-3-38-18-11-12-20(30-15-18)25-34-33-24(35(25)23-10-5-4-7-19(23)28)16-13-17(14-16)31-27(37)22-9-6-8-21(32-22)26(36)29-2/h4-12,15-17H,3,13-14H2,1-2H3,(H,29,36)(H,31,37)/t16-,17-. The molecule has 194 valence electrons. The molecule has 0 aliphatic heterocycles. The maximum atomic E-state index is 14.9. The first kappa shape index (κ1) is 25.0. The Labute approximate surface area is 218 Å². The number of amides is 2. The van der Waals surface area contributed by atoms with E-state index in [1.54, 1.807) is 59.3 Å². The zero-order valence-corrected chi connectivity index (χ0v) is 20.9. The molecule has 1 fully saturated rings. The molecule has 0 atom stereocenters. The highest BCUT2D eigenvalue weighted by atomic mass is 19.1. The molecular formula is C27H26FN7O3. The summed E-state index contributed by atoms with van der Waals surface area (Å²) < 4.78 is 22.1. The molecule has 1 saturated carbocycles. The lowest BCUT2D eigenvalue weighted by Gasteiger charge is -2.35. The van der Waals surface area contributed by atoms with Gasteiger partial charge in [0.2, 0.25) is 0 Å². The monoisotopic (exact) mass is 515 g/mol. The van der Waals surface area contributed by atoms with E-state index in [0.29, 0.717) is 48.2 Å². The predicted octanol–water partition coefficient (Wildman–Crippen LogP) is 3.30. The first-order valence-electron chi connectivity index (χ1n) is 12.3. The lowest BCUT2D eigenvalue weighted by atomic mass is 9.79. The third-order valence-corrected chi connectivity index (χ3v) is 6.34. The number of halogens is 1. The zero-order valence-electron chi connectivity index (χ0n) is 20.9. The summed E-state index contributed by atoms with van der Waals surface area (Å²) in [5, 5.41) is 14.2. The van der Waals surface area contributed by atoms with Crippen LogP contribution in [0.25, 0.3) is 17.2 Å². The highest BCUT2D eigenvalue weighted by Gasteiger charge is 2.36. The minimum absolute atomic E-state index is 0.0611. The molecule has 4 aromatic rings. The summed E-state index contributed by atoms with van der Waals surface area (Å²) >= 11 is 0. The van der Waals surface area contributed by atoms with Crippen LogP contribution in [0.5, 0.6) is 5.75 Å². The molecule has 1 aliphatic carbocycles. The number of pyridine rings is 2. The molecule has 1 aromatic carbocycles. The van der Waals surface area contributed by atoms with Crippen molar-refractivity contribution in [2.45, 2.75) is 31.7 Å². The quantitative estimate of drug-likeness (QED) is 0.369. The number of nitrogens with zero attached hydrogens (tertiary/aromatic N) is 5. The fraction of sp³-hybridized carbons (Fsp3) is 0.259. The van der Waals surface area contributed by atoms with Gasteiger partial charge >= 0.3 is 0 Å². The van der Waals surface area contributed by atoms with Gasteiger partial charge in [0.25, 0.3) is 11.8 Å². The molecule has 11 heteroatoms. The second-order valence-electron chi connectivity index (χ2n) is 8.81. The molecule has 3 heterocycles. The van der Waals surface area contributed by atoms with Crippen LogP contribution in [0.15, 0.2) is 60.8 Å². The number of hydrogen-bond donors (Lipinski definition) is 2. The lowest BCUT2D eigenvalue weighted by molar-refractivity contribution is 0.0901. The van der Waals surface area contributed by atoms with Crippen molar-refractivity contribution in [1.82, 2.24) is 35.4 Å². The summed E-state index contributed by atoms with van der Waals surface area (Å²) in [6.07, 6.45) is 2.77. The second kappa shape index (κ2) is 10.8. The number of benzene rings is 1. The number of ether oxygens (including phenoxy) is 1. The van der Waals surface area contributed by atoms with E-state index in [9.17, 15) is 14.0 Å². The van der Waals surface area contributed by atoms with E-state index in [2.05, 4.69) is 30.8 Å². The summed E-state index contributed by atoms with van der Waals surface area (Å²) in [4.78, 5) is 33.2. The zero-order chi connectivity index (χ0) is 26.6. The highest BCUT2D eigenvalue weighted by molar-refractivity contribution is 5.96. The third kappa shape index (κ3) is 4.95. The molecule has 10 nitrogen and oxygen atoms in total. The Morgan fingerprint density at radius 2 is 1.79 bits per heavy atom. The smallest absolute Gasteiger partial charge is 0.270 e. The Bertz CT molecular complexity index is 1470. The van der Waals surface area contributed by atoms with Crippen LogP contribution in [0.4, 0.5) is 4.39 Å². The minimum atomic E-state index is -0.410.